The molecule has 0 aliphatic heterocycles. The van der Waals surface area contributed by atoms with E-state index in [1.165, 1.54) is 12.3 Å². The first kappa shape index (κ1) is 14.5. The molecule has 106 valence electrons. The Bertz CT molecular complexity index is 688. The lowest BCUT2D eigenvalue weighted by Crippen LogP contribution is -2.27. The maximum Gasteiger partial charge on any atom is 0.247 e. The number of rotatable bonds is 6. The summed E-state index contributed by atoms with van der Waals surface area (Å²) >= 11 is 0. The molecule has 2 aromatic rings. The first-order valence-electron chi connectivity index (χ1n) is 6.24. The topological polar surface area (TPSA) is 79.0 Å². The van der Waals surface area contributed by atoms with Crippen LogP contribution in [0, 0.1) is 0 Å². The highest BCUT2D eigenvalue weighted by molar-refractivity contribution is 7.89. The lowest BCUT2D eigenvalue weighted by atomic mass is 10.2. The summed E-state index contributed by atoms with van der Waals surface area (Å²) in [5, 5.41) is 0. The lowest BCUT2D eigenvalue weighted by Gasteiger charge is -2.06. The molecule has 0 aliphatic rings. The zero-order chi connectivity index (χ0) is 14.4. The number of hydrogen-bond acceptors (Lipinski definition) is 3. The molecule has 2 rings (SSSR count). The van der Waals surface area contributed by atoms with Crippen LogP contribution in [-0.2, 0) is 23.0 Å². The van der Waals surface area contributed by atoms with Crippen LogP contribution in [0.25, 0.3) is 0 Å². The fourth-order valence-electron chi connectivity index (χ4n) is 1.72. The molecule has 1 aromatic carbocycles. The number of hydrogen-bond donors (Lipinski definition) is 2. The van der Waals surface area contributed by atoms with Crippen molar-refractivity contribution in [2.75, 3.05) is 5.75 Å². The van der Waals surface area contributed by atoms with Crippen molar-refractivity contribution >= 4 is 10.0 Å². The molecule has 5 nitrogen and oxygen atoms in total. The summed E-state index contributed by atoms with van der Waals surface area (Å²) < 4.78 is 26.2. The molecule has 6 heteroatoms. The van der Waals surface area contributed by atoms with Crippen LogP contribution in [-0.4, -0.2) is 19.2 Å². The van der Waals surface area contributed by atoms with Gasteiger partial charge in [0.15, 0.2) is 0 Å². The third kappa shape index (κ3) is 4.64. The van der Waals surface area contributed by atoms with Gasteiger partial charge >= 0.3 is 0 Å². The van der Waals surface area contributed by atoms with Crippen molar-refractivity contribution in [2.24, 2.45) is 0 Å². The fraction of sp³-hybridized carbons (Fsp3) is 0.214. The minimum Gasteiger partial charge on any atom is -0.329 e. The predicted octanol–water partition coefficient (Wildman–Crippen LogP) is 1.04. The van der Waals surface area contributed by atoms with Gasteiger partial charge in [-0.15, -0.1) is 0 Å². The number of benzene rings is 1. The average Bonchev–Trinajstić information content (AvgIpc) is 2.46. The van der Waals surface area contributed by atoms with E-state index in [1.54, 1.807) is 6.07 Å². The Labute approximate surface area is 117 Å². The maximum absolute atomic E-state index is 11.9. The van der Waals surface area contributed by atoms with E-state index in [0.717, 1.165) is 5.56 Å². The summed E-state index contributed by atoms with van der Waals surface area (Å²) in [6.45, 7) is 0.175. The van der Waals surface area contributed by atoms with Gasteiger partial charge in [-0.3, -0.25) is 4.79 Å². The smallest absolute Gasteiger partial charge is 0.247 e. The van der Waals surface area contributed by atoms with Crippen molar-refractivity contribution < 1.29 is 8.42 Å². The van der Waals surface area contributed by atoms with E-state index in [9.17, 15) is 13.2 Å². The zero-order valence-corrected chi connectivity index (χ0v) is 11.7. The largest absolute Gasteiger partial charge is 0.329 e. The molecule has 1 heterocycles. The molecular formula is C14H16N2O3S. The lowest BCUT2D eigenvalue weighted by molar-refractivity contribution is 0.580. The van der Waals surface area contributed by atoms with Crippen LogP contribution in [0.15, 0.2) is 53.5 Å². The van der Waals surface area contributed by atoms with Gasteiger partial charge in [-0.2, -0.15) is 0 Å². The molecule has 20 heavy (non-hydrogen) atoms. The summed E-state index contributed by atoms with van der Waals surface area (Å²) in [7, 11) is -3.33. The summed E-state index contributed by atoms with van der Waals surface area (Å²) in [4.78, 5) is 13.4. The molecule has 0 saturated heterocycles. The van der Waals surface area contributed by atoms with Crippen LogP contribution >= 0.6 is 0 Å². The van der Waals surface area contributed by atoms with Gasteiger partial charge in [0.05, 0.1) is 5.75 Å². The first-order chi connectivity index (χ1) is 9.55. The van der Waals surface area contributed by atoms with Crippen molar-refractivity contribution in [3.05, 3.63) is 70.1 Å². The van der Waals surface area contributed by atoms with Gasteiger partial charge in [0.2, 0.25) is 15.6 Å². The van der Waals surface area contributed by atoms with Gasteiger partial charge in [-0.05, 0) is 17.5 Å². The van der Waals surface area contributed by atoms with Crippen LogP contribution in [0.3, 0.4) is 0 Å². The van der Waals surface area contributed by atoms with Crippen molar-refractivity contribution in [2.45, 2.75) is 13.0 Å². The summed E-state index contributed by atoms with van der Waals surface area (Å²) in [6, 6.07) is 12.4. The number of aromatic nitrogens is 1. The number of pyridine rings is 1. The Morgan fingerprint density at radius 2 is 1.75 bits per heavy atom. The second-order valence-corrected chi connectivity index (χ2v) is 6.36. The highest BCUT2D eigenvalue weighted by atomic mass is 32.2. The third-order valence-electron chi connectivity index (χ3n) is 2.85. The molecule has 2 N–H and O–H groups in total. The monoisotopic (exact) mass is 292 g/mol. The van der Waals surface area contributed by atoms with Crippen LogP contribution in [0.4, 0.5) is 0 Å². The van der Waals surface area contributed by atoms with Gasteiger partial charge in [0.25, 0.3) is 0 Å². The highest BCUT2D eigenvalue weighted by Gasteiger charge is 2.10. The van der Waals surface area contributed by atoms with Gasteiger partial charge in [-0.1, -0.05) is 36.4 Å². The van der Waals surface area contributed by atoms with E-state index in [4.69, 9.17) is 0 Å². The minimum absolute atomic E-state index is 0.0420. The maximum atomic E-state index is 11.9. The third-order valence-corrected chi connectivity index (χ3v) is 4.17. The molecule has 0 aliphatic carbocycles. The number of aryl methyl sites for hydroxylation is 1. The Kier molecular flexibility index (Phi) is 4.70. The van der Waals surface area contributed by atoms with Gasteiger partial charge in [-0.25, -0.2) is 13.1 Å². The van der Waals surface area contributed by atoms with Crippen molar-refractivity contribution in [1.29, 1.82) is 0 Å². The van der Waals surface area contributed by atoms with E-state index < -0.39 is 10.0 Å². The van der Waals surface area contributed by atoms with Crippen LogP contribution < -0.4 is 10.3 Å². The normalized spacial score (nSPS) is 11.4. The van der Waals surface area contributed by atoms with E-state index >= 15 is 0 Å². The van der Waals surface area contributed by atoms with E-state index in [1.807, 2.05) is 30.3 Å². The van der Waals surface area contributed by atoms with Crippen molar-refractivity contribution in [1.82, 2.24) is 9.71 Å². The first-order valence-corrected chi connectivity index (χ1v) is 7.89. The SMILES string of the molecule is O=c1ccc(CNS(=O)(=O)CCc2ccccc2)c[nH]1. The fourth-order valence-corrected chi connectivity index (χ4v) is 2.75. The Morgan fingerprint density at radius 1 is 1.00 bits per heavy atom. The Hall–Kier alpha value is -1.92. The molecule has 0 atom stereocenters. The number of sulfonamides is 1. The summed E-state index contributed by atoms with van der Waals surface area (Å²) in [5.41, 5.74) is 1.50. The molecule has 1 aromatic heterocycles. The van der Waals surface area contributed by atoms with Crippen molar-refractivity contribution in [3.8, 4) is 0 Å². The molecule has 0 saturated carbocycles. The van der Waals surface area contributed by atoms with E-state index in [0.29, 0.717) is 12.0 Å². The average molecular weight is 292 g/mol. The molecule has 0 radical (unpaired) electrons. The predicted molar refractivity (Wildman–Crippen MR) is 77.8 cm³/mol. The molecule has 0 bridgehead atoms. The highest BCUT2D eigenvalue weighted by Crippen LogP contribution is 2.02. The minimum atomic E-state index is -3.33. The molecule has 0 unspecified atom stereocenters. The Morgan fingerprint density at radius 3 is 2.40 bits per heavy atom. The van der Waals surface area contributed by atoms with Crippen LogP contribution in [0.2, 0.25) is 0 Å². The molecule has 0 fully saturated rings. The quantitative estimate of drug-likeness (QED) is 0.835. The number of H-pyrrole nitrogens is 1. The van der Waals surface area contributed by atoms with Crippen LogP contribution in [0.1, 0.15) is 11.1 Å². The Balaban J connectivity index is 1.88. The second-order valence-electron chi connectivity index (χ2n) is 4.44. The van der Waals surface area contributed by atoms with Gasteiger partial charge < -0.3 is 4.98 Å². The van der Waals surface area contributed by atoms with E-state index in [-0.39, 0.29) is 17.9 Å². The number of nitrogens with one attached hydrogen (secondary N) is 2. The zero-order valence-electron chi connectivity index (χ0n) is 10.9. The summed E-state index contributed by atoms with van der Waals surface area (Å²) in [5.74, 6) is 0.0420. The second kappa shape index (κ2) is 6.49. The molecular weight excluding hydrogens is 276 g/mol. The van der Waals surface area contributed by atoms with E-state index in [2.05, 4.69) is 9.71 Å². The molecule has 0 spiro atoms. The standard InChI is InChI=1S/C14H16N2O3S/c17-14-7-6-13(10-15-14)11-16-20(18,19)9-8-12-4-2-1-3-5-12/h1-7,10,16H,8-9,11H2,(H,15,17). The van der Waals surface area contributed by atoms with Crippen molar-refractivity contribution in [3.63, 3.8) is 0 Å². The summed E-state index contributed by atoms with van der Waals surface area (Å²) in [6.07, 6.45) is 1.98. The van der Waals surface area contributed by atoms with Gasteiger partial charge in [0, 0.05) is 18.8 Å². The molecule has 0 amide bonds. The van der Waals surface area contributed by atoms with Crippen LogP contribution in [0.5, 0.6) is 0 Å². The number of aromatic amines is 1. The van der Waals surface area contributed by atoms with Gasteiger partial charge in [0.1, 0.15) is 0 Å².